The van der Waals surface area contributed by atoms with Gasteiger partial charge in [0.1, 0.15) is 17.1 Å². The summed E-state index contributed by atoms with van der Waals surface area (Å²) in [6, 6.07) is 2.78. The smallest absolute Gasteiger partial charge is 0.160 e. The van der Waals surface area contributed by atoms with Crippen molar-refractivity contribution >= 4 is 5.78 Å². The minimum absolute atomic E-state index is 0.0640. The number of hydrogen-bond acceptors (Lipinski definition) is 9. The molecule has 0 bridgehead atoms. The van der Waals surface area contributed by atoms with E-state index in [1.165, 1.54) is 12.1 Å². The SMILES string of the molecule is CC1CCCC2(OC3CC4(O)C5=CC(=O)C6C7c8cc(O)cc(O)c8CCC7(O)C(O)CC6(C)C5CCC4(C)C3C2(C)O)C(O)C1C. The topological polar surface area (TPSA) is 168 Å². The number of aliphatic hydroxyl groups excluding tert-OH is 2. The summed E-state index contributed by atoms with van der Waals surface area (Å²) in [6.45, 7) is 9.95. The molecule has 15 unspecified atom stereocenters. The third-order valence-corrected chi connectivity index (χ3v) is 15.8. The van der Waals surface area contributed by atoms with E-state index in [1.54, 1.807) is 13.0 Å². The third kappa shape index (κ3) is 3.64. The Bertz CT molecular complexity index is 1570. The molecular formula is C38H52O9. The van der Waals surface area contributed by atoms with Gasteiger partial charge < -0.3 is 40.5 Å². The molecule has 7 N–H and O–H groups in total. The molecule has 0 aromatic heterocycles. The Labute approximate surface area is 276 Å². The van der Waals surface area contributed by atoms with Gasteiger partial charge in [0.05, 0.1) is 35.1 Å². The normalized spacial score (nSPS) is 54.8. The molecule has 1 heterocycles. The first-order valence-electron chi connectivity index (χ1n) is 17.9. The summed E-state index contributed by atoms with van der Waals surface area (Å²) in [7, 11) is 0. The van der Waals surface area contributed by atoms with E-state index >= 15 is 0 Å². The molecule has 0 amide bonds. The van der Waals surface area contributed by atoms with Gasteiger partial charge in [-0.15, -0.1) is 0 Å². The Morgan fingerprint density at radius 3 is 2.36 bits per heavy atom. The largest absolute Gasteiger partial charge is 0.508 e. The fraction of sp³-hybridized carbons (Fsp3) is 0.763. The summed E-state index contributed by atoms with van der Waals surface area (Å²) < 4.78 is 6.87. The van der Waals surface area contributed by atoms with Gasteiger partial charge in [-0.05, 0) is 97.5 Å². The van der Waals surface area contributed by atoms with Gasteiger partial charge in [-0.2, -0.15) is 0 Å². The minimum Gasteiger partial charge on any atom is -0.508 e. The molecule has 5 fully saturated rings. The van der Waals surface area contributed by atoms with E-state index in [2.05, 4.69) is 6.92 Å². The highest BCUT2D eigenvalue weighted by molar-refractivity contribution is 5.96. The molecular weight excluding hydrogens is 600 g/mol. The molecule has 1 spiro atoms. The number of rotatable bonds is 0. The fourth-order valence-electron chi connectivity index (χ4n) is 13.2. The number of ether oxygens (including phenoxy) is 1. The second-order valence-corrected chi connectivity index (χ2v) is 17.6. The Balaban J connectivity index is 1.22. The first-order chi connectivity index (χ1) is 21.9. The molecule has 6 aliphatic carbocycles. The van der Waals surface area contributed by atoms with Crippen molar-refractivity contribution in [3.63, 3.8) is 0 Å². The summed E-state index contributed by atoms with van der Waals surface area (Å²) in [6.07, 6.45) is 3.34. The van der Waals surface area contributed by atoms with E-state index in [-0.39, 0.29) is 54.3 Å². The van der Waals surface area contributed by atoms with Crippen molar-refractivity contribution in [2.45, 2.75) is 139 Å². The van der Waals surface area contributed by atoms with E-state index in [0.717, 1.165) is 12.8 Å². The fourth-order valence-corrected chi connectivity index (χ4v) is 13.2. The van der Waals surface area contributed by atoms with Crippen molar-refractivity contribution in [3.8, 4) is 11.5 Å². The van der Waals surface area contributed by atoms with Crippen LogP contribution in [0.5, 0.6) is 11.5 Å². The molecule has 1 aromatic rings. The van der Waals surface area contributed by atoms with Crippen molar-refractivity contribution < 1.29 is 45.3 Å². The van der Waals surface area contributed by atoms with Gasteiger partial charge in [0.2, 0.25) is 0 Å². The van der Waals surface area contributed by atoms with Crippen LogP contribution in [0.25, 0.3) is 0 Å². The molecule has 1 aromatic carbocycles. The second kappa shape index (κ2) is 9.61. The molecule has 15 atom stereocenters. The number of allylic oxidation sites excluding steroid dienone is 1. The Hall–Kier alpha value is -2.01. The molecule has 258 valence electrons. The van der Waals surface area contributed by atoms with Gasteiger partial charge >= 0.3 is 0 Å². The number of phenols is 2. The summed E-state index contributed by atoms with van der Waals surface area (Å²) >= 11 is 0. The Morgan fingerprint density at radius 1 is 0.915 bits per heavy atom. The maximum atomic E-state index is 14.6. The first-order valence-corrected chi connectivity index (χ1v) is 17.9. The minimum atomic E-state index is -1.61. The lowest BCUT2D eigenvalue weighted by atomic mass is 9.41. The van der Waals surface area contributed by atoms with Gasteiger partial charge in [-0.25, -0.2) is 0 Å². The Morgan fingerprint density at radius 2 is 1.64 bits per heavy atom. The van der Waals surface area contributed by atoms with Crippen LogP contribution in [0.4, 0.5) is 0 Å². The molecule has 1 saturated heterocycles. The average Bonchev–Trinajstić information content (AvgIpc) is 3.31. The number of phenolic OH excluding ortho intramolecular Hbond substituents is 2. The van der Waals surface area contributed by atoms with Crippen LogP contribution < -0.4 is 0 Å². The van der Waals surface area contributed by atoms with E-state index < -0.39 is 69.3 Å². The summed E-state index contributed by atoms with van der Waals surface area (Å²) in [5.74, 6) is -2.64. The quantitative estimate of drug-likeness (QED) is 0.221. The van der Waals surface area contributed by atoms with Gasteiger partial charge in [-0.3, -0.25) is 4.79 Å². The number of benzene rings is 1. The van der Waals surface area contributed by atoms with E-state index in [9.17, 15) is 40.5 Å². The zero-order chi connectivity index (χ0) is 33.9. The number of hydrogen-bond donors (Lipinski definition) is 7. The molecule has 9 nitrogen and oxygen atoms in total. The molecule has 1 aliphatic heterocycles. The lowest BCUT2D eigenvalue weighted by Crippen LogP contribution is -2.68. The zero-order valence-electron chi connectivity index (χ0n) is 28.2. The number of carbonyl (C=O) groups excluding carboxylic acids is 1. The van der Waals surface area contributed by atoms with Crippen LogP contribution >= 0.6 is 0 Å². The average molecular weight is 653 g/mol. The van der Waals surface area contributed by atoms with Crippen molar-refractivity contribution in [1.29, 1.82) is 0 Å². The molecule has 0 radical (unpaired) electrons. The van der Waals surface area contributed by atoms with Crippen molar-refractivity contribution in [2.24, 2.45) is 40.4 Å². The predicted octanol–water partition coefficient (Wildman–Crippen LogP) is 3.63. The van der Waals surface area contributed by atoms with Gasteiger partial charge in [0, 0.05) is 35.7 Å². The van der Waals surface area contributed by atoms with Crippen LogP contribution in [0.1, 0.15) is 103 Å². The van der Waals surface area contributed by atoms with Crippen molar-refractivity contribution in [1.82, 2.24) is 0 Å². The molecule has 47 heavy (non-hydrogen) atoms. The summed E-state index contributed by atoms with van der Waals surface area (Å²) in [5, 5.41) is 82.3. The maximum absolute atomic E-state index is 14.6. The molecule has 4 saturated carbocycles. The number of ketones is 1. The Kier molecular flexibility index (Phi) is 6.58. The first kappa shape index (κ1) is 32.2. The van der Waals surface area contributed by atoms with E-state index in [0.29, 0.717) is 42.4 Å². The van der Waals surface area contributed by atoms with Crippen LogP contribution in [0.2, 0.25) is 0 Å². The standard InChI is InChI=1S/C38H52O9/c1-18-7-6-10-38(32(43)19(18)2)35(5,44)31-27(47-38)16-37(46)24-15-26(41)30-29-22-13-20(39)14-25(40)21(22)8-12-36(29,45)28(42)17-33(30,3)23(24)9-11-34(31,37)4/h13-15,18-19,23,27-32,39-40,42-46H,6-12,16-17H2,1-5H3. The number of fused-ring (bicyclic) bond motifs is 11. The van der Waals surface area contributed by atoms with Crippen LogP contribution in [0.15, 0.2) is 23.8 Å². The predicted molar refractivity (Wildman–Crippen MR) is 171 cm³/mol. The number of aromatic hydroxyl groups is 2. The third-order valence-electron chi connectivity index (χ3n) is 15.8. The highest BCUT2D eigenvalue weighted by atomic mass is 16.6. The van der Waals surface area contributed by atoms with Crippen LogP contribution in [-0.4, -0.2) is 82.2 Å². The molecule has 7 aliphatic rings. The zero-order valence-corrected chi connectivity index (χ0v) is 28.2. The van der Waals surface area contributed by atoms with Gasteiger partial charge in [0.15, 0.2) is 5.78 Å². The highest BCUT2D eigenvalue weighted by Crippen LogP contribution is 2.74. The van der Waals surface area contributed by atoms with E-state index in [4.69, 9.17) is 4.74 Å². The van der Waals surface area contributed by atoms with Crippen LogP contribution in [0.3, 0.4) is 0 Å². The second-order valence-electron chi connectivity index (χ2n) is 17.6. The maximum Gasteiger partial charge on any atom is 0.160 e. The summed E-state index contributed by atoms with van der Waals surface area (Å²) in [4.78, 5) is 14.6. The lowest BCUT2D eigenvalue weighted by molar-refractivity contribution is -0.225. The van der Waals surface area contributed by atoms with Crippen LogP contribution in [-0.2, 0) is 16.0 Å². The molecule has 9 heteroatoms. The lowest BCUT2D eigenvalue weighted by Gasteiger charge is -2.64. The summed E-state index contributed by atoms with van der Waals surface area (Å²) in [5.41, 5.74) is -5.65. The van der Waals surface area contributed by atoms with Gasteiger partial charge in [0.25, 0.3) is 0 Å². The van der Waals surface area contributed by atoms with Crippen LogP contribution in [0, 0.1) is 40.4 Å². The monoisotopic (exact) mass is 652 g/mol. The molecule has 8 rings (SSSR count). The number of carbonyl (C=O) groups is 1. The highest BCUT2D eigenvalue weighted by Gasteiger charge is 2.79. The van der Waals surface area contributed by atoms with Crippen molar-refractivity contribution in [2.75, 3.05) is 0 Å². The van der Waals surface area contributed by atoms with Gasteiger partial charge in [-0.1, -0.05) is 40.5 Å². The van der Waals surface area contributed by atoms with E-state index in [1.807, 2.05) is 20.8 Å². The van der Waals surface area contributed by atoms with Crippen molar-refractivity contribution in [3.05, 3.63) is 34.9 Å². The number of aliphatic hydroxyl groups is 5.